The highest BCUT2D eigenvalue weighted by Crippen LogP contribution is 2.32. The minimum atomic E-state index is -0.563. The Hall–Kier alpha value is -3.49. The Labute approximate surface area is 205 Å². The second-order valence-electron chi connectivity index (χ2n) is 7.71. The first-order valence-electron chi connectivity index (χ1n) is 10.6. The highest BCUT2D eigenvalue weighted by atomic mass is 35.5. The largest absolute Gasteiger partial charge is 0.453 e. The van der Waals surface area contributed by atoms with Crippen LogP contribution >= 0.6 is 22.9 Å². The predicted octanol–water partition coefficient (Wildman–Crippen LogP) is 4.77. The number of ketones is 1. The summed E-state index contributed by atoms with van der Waals surface area (Å²) in [6.07, 6.45) is 0.667. The van der Waals surface area contributed by atoms with Gasteiger partial charge in [-0.25, -0.2) is 9.48 Å². The Morgan fingerprint density at radius 1 is 1.12 bits per heavy atom. The van der Waals surface area contributed by atoms with Gasteiger partial charge in [0, 0.05) is 24.4 Å². The lowest BCUT2D eigenvalue weighted by molar-refractivity contribution is -0.118. The molecular weight excluding hydrogens is 474 g/mol. The van der Waals surface area contributed by atoms with E-state index in [0.29, 0.717) is 28.4 Å². The number of rotatable bonds is 8. The fraction of sp³-hybridized carbons (Fsp3) is 0.200. The maximum Gasteiger partial charge on any atom is 0.348 e. The third kappa shape index (κ3) is 5.18. The summed E-state index contributed by atoms with van der Waals surface area (Å²) in [6, 6.07) is 16.1. The molecule has 0 fully saturated rings. The van der Waals surface area contributed by atoms with E-state index in [-0.39, 0.29) is 18.3 Å². The molecule has 0 radical (unpaired) electrons. The number of carbonyl (C=O) groups is 3. The molecule has 2 heterocycles. The topological polar surface area (TPSA) is 90.3 Å². The quantitative estimate of drug-likeness (QED) is 0.281. The Morgan fingerprint density at radius 2 is 1.85 bits per heavy atom. The van der Waals surface area contributed by atoms with Crippen LogP contribution in [0.3, 0.4) is 0 Å². The molecule has 2 aromatic carbocycles. The normalized spacial score (nSPS) is 10.9. The summed E-state index contributed by atoms with van der Waals surface area (Å²) in [4.78, 5) is 37.2. The van der Waals surface area contributed by atoms with Crippen molar-refractivity contribution >= 4 is 50.8 Å². The van der Waals surface area contributed by atoms with Crippen molar-refractivity contribution in [1.29, 1.82) is 0 Å². The Morgan fingerprint density at radius 3 is 2.56 bits per heavy atom. The Balaban J connectivity index is 1.42. The average Bonchev–Trinajstić information content (AvgIpc) is 3.38. The minimum absolute atomic E-state index is 0.0800. The molecule has 0 saturated carbocycles. The zero-order chi connectivity index (χ0) is 24.2. The van der Waals surface area contributed by atoms with Crippen molar-refractivity contribution in [2.75, 3.05) is 13.2 Å². The molecule has 4 aromatic rings. The molecule has 0 atom stereocenters. The summed E-state index contributed by atoms with van der Waals surface area (Å²) in [5, 5.41) is 8.66. The molecular formula is C25H22ClN3O4S. The zero-order valence-electron chi connectivity index (χ0n) is 18.6. The smallest absolute Gasteiger partial charge is 0.348 e. The van der Waals surface area contributed by atoms with Crippen LogP contribution in [-0.4, -0.2) is 40.6 Å². The van der Waals surface area contributed by atoms with Gasteiger partial charge in [0.1, 0.15) is 9.71 Å². The lowest BCUT2D eigenvalue weighted by Crippen LogP contribution is -2.22. The first-order valence-corrected chi connectivity index (χ1v) is 11.8. The van der Waals surface area contributed by atoms with E-state index in [1.807, 2.05) is 37.3 Å². The van der Waals surface area contributed by atoms with Crippen molar-refractivity contribution in [3.05, 3.63) is 81.3 Å². The molecule has 0 spiro atoms. The number of nitrogens with zero attached hydrogens (tertiary/aromatic N) is 2. The molecule has 0 saturated heterocycles. The third-order valence-electron chi connectivity index (χ3n) is 5.22. The molecule has 9 heteroatoms. The number of hydrogen-bond donors (Lipinski definition) is 1. The van der Waals surface area contributed by atoms with Gasteiger partial charge in [0.25, 0.3) is 0 Å². The summed E-state index contributed by atoms with van der Waals surface area (Å²) >= 11 is 7.57. The second-order valence-corrected chi connectivity index (χ2v) is 9.15. The van der Waals surface area contributed by atoms with Gasteiger partial charge >= 0.3 is 5.97 Å². The maximum absolute atomic E-state index is 12.6. The van der Waals surface area contributed by atoms with E-state index in [4.69, 9.17) is 16.3 Å². The van der Waals surface area contributed by atoms with E-state index in [0.717, 1.165) is 27.2 Å². The van der Waals surface area contributed by atoms with Crippen LogP contribution in [0.5, 0.6) is 0 Å². The van der Waals surface area contributed by atoms with E-state index >= 15 is 0 Å². The number of esters is 1. The highest BCUT2D eigenvalue weighted by molar-refractivity contribution is 7.20. The van der Waals surface area contributed by atoms with Crippen LogP contribution in [0.1, 0.15) is 38.2 Å². The van der Waals surface area contributed by atoms with Gasteiger partial charge in [0.15, 0.2) is 12.4 Å². The molecule has 1 amide bonds. The van der Waals surface area contributed by atoms with E-state index in [2.05, 4.69) is 10.4 Å². The monoisotopic (exact) mass is 495 g/mol. The summed E-state index contributed by atoms with van der Waals surface area (Å²) in [7, 11) is 0. The molecule has 0 bridgehead atoms. The molecule has 174 valence electrons. The van der Waals surface area contributed by atoms with Gasteiger partial charge in [-0.2, -0.15) is 5.10 Å². The summed E-state index contributed by atoms with van der Waals surface area (Å²) in [5.41, 5.74) is 2.94. The highest BCUT2D eigenvalue weighted by Gasteiger charge is 2.20. The molecule has 0 aliphatic carbocycles. The first-order chi connectivity index (χ1) is 16.3. The number of aromatic nitrogens is 2. The fourth-order valence-corrected chi connectivity index (χ4v) is 4.75. The zero-order valence-corrected chi connectivity index (χ0v) is 20.2. The number of fused-ring (bicyclic) bond motifs is 1. The molecule has 0 unspecified atom stereocenters. The third-order valence-corrected chi connectivity index (χ3v) is 6.63. The molecule has 34 heavy (non-hydrogen) atoms. The number of ether oxygens (including phenoxy) is 1. The molecule has 0 aliphatic rings. The van der Waals surface area contributed by atoms with Gasteiger partial charge < -0.3 is 10.1 Å². The Bertz CT molecular complexity index is 1370. The van der Waals surface area contributed by atoms with Gasteiger partial charge in [-0.05, 0) is 37.1 Å². The molecule has 1 N–H and O–H groups in total. The standard InChI is InChI=1S/C25H22ClN3O4S/c1-15-19-13-23(34-24(19)29(28-15)21-6-4-3-5-20(21)26)25(32)33-14-22(31)18-9-7-17(8-10-18)11-12-27-16(2)30/h3-10,13H,11-12,14H2,1-2H3,(H,27,30). The van der Waals surface area contributed by atoms with E-state index in [1.54, 1.807) is 28.9 Å². The molecule has 0 aliphatic heterocycles. The molecule has 4 rings (SSSR count). The number of para-hydroxylation sites is 1. The van der Waals surface area contributed by atoms with Crippen LogP contribution in [0.4, 0.5) is 0 Å². The number of halogens is 1. The van der Waals surface area contributed by atoms with Gasteiger partial charge in [-0.3, -0.25) is 9.59 Å². The predicted molar refractivity (Wildman–Crippen MR) is 132 cm³/mol. The molecule has 2 aromatic heterocycles. The SMILES string of the molecule is CC(=O)NCCc1ccc(C(=O)COC(=O)c2cc3c(C)nn(-c4ccccc4Cl)c3s2)cc1. The van der Waals surface area contributed by atoms with Crippen molar-refractivity contribution in [3.63, 3.8) is 0 Å². The van der Waals surface area contributed by atoms with Crippen molar-refractivity contribution < 1.29 is 19.1 Å². The minimum Gasteiger partial charge on any atom is -0.453 e. The van der Waals surface area contributed by atoms with Crippen LogP contribution in [0.2, 0.25) is 5.02 Å². The number of benzene rings is 2. The van der Waals surface area contributed by atoms with Crippen LogP contribution in [0, 0.1) is 6.92 Å². The van der Waals surface area contributed by atoms with Gasteiger partial charge in [0.2, 0.25) is 5.91 Å². The number of carbonyl (C=O) groups excluding carboxylic acids is 3. The van der Waals surface area contributed by atoms with Gasteiger partial charge in [0.05, 0.1) is 16.4 Å². The summed E-state index contributed by atoms with van der Waals surface area (Å²) < 4.78 is 7.01. The second kappa shape index (κ2) is 10.2. The van der Waals surface area contributed by atoms with Gasteiger partial charge in [-0.1, -0.05) is 48.0 Å². The number of nitrogens with one attached hydrogen (secondary N) is 1. The first kappa shape index (κ1) is 23.7. The number of amides is 1. The van der Waals surface area contributed by atoms with Crippen LogP contribution < -0.4 is 5.32 Å². The lowest BCUT2D eigenvalue weighted by Gasteiger charge is -2.06. The number of Topliss-reactive ketones (excluding diaryl/α,β-unsaturated/α-hetero) is 1. The average molecular weight is 496 g/mol. The Kier molecular flexibility index (Phi) is 7.09. The van der Waals surface area contributed by atoms with Crippen LogP contribution in [0.15, 0.2) is 54.6 Å². The van der Waals surface area contributed by atoms with Crippen LogP contribution in [-0.2, 0) is 16.0 Å². The van der Waals surface area contributed by atoms with Crippen molar-refractivity contribution in [2.24, 2.45) is 0 Å². The summed E-state index contributed by atoms with van der Waals surface area (Å²) in [5.74, 6) is -0.934. The van der Waals surface area contributed by atoms with Crippen molar-refractivity contribution in [1.82, 2.24) is 15.1 Å². The fourth-order valence-electron chi connectivity index (χ4n) is 3.46. The van der Waals surface area contributed by atoms with E-state index < -0.39 is 5.97 Å². The number of thiophene rings is 1. The van der Waals surface area contributed by atoms with E-state index in [1.165, 1.54) is 18.3 Å². The molecule has 7 nitrogen and oxygen atoms in total. The van der Waals surface area contributed by atoms with Crippen molar-refractivity contribution in [3.8, 4) is 5.69 Å². The van der Waals surface area contributed by atoms with Crippen LogP contribution in [0.25, 0.3) is 15.9 Å². The number of hydrogen-bond acceptors (Lipinski definition) is 6. The lowest BCUT2D eigenvalue weighted by atomic mass is 10.1. The number of aryl methyl sites for hydroxylation is 1. The summed E-state index contributed by atoms with van der Waals surface area (Å²) in [6.45, 7) is 3.51. The van der Waals surface area contributed by atoms with Gasteiger partial charge in [-0.15, -0.1) is 11.3 Å². The van der Waals surface area contributed by atoms with E-state index in [9.17, 15) is 14.4 Å². The van der Waals surface area contributed by atoms with Crippen molar-refractivity contribution in [2.45, 2.75) is 20.3 Å². The maximum atomic E-state index is 12.6.